The smallest absolute Gasteiger partial charge is 0.243 e. The third-order valence-electron chi connectivity index (χ3n) is 4.09. The molecule has 2 aromatic carbocycles. The molecule has 1 saturated heterocycles. The van der Waals surface area contributed by atoms with Gasteiger partial charge < -0.3 is 4.90 Å². The standard InChI is InChI=1S/C17H15F2N3O2S/c18-14-4-5-17(16(19)11-14)21-6-8-22(9-7-21)25(23,24)15-3-1-2-13(10-15)12-20/h1-5,10-11H,6-9H2. The monoisotopic (exact) mass is 363 g/mol. The summed E-state index contributed by atoms with van der Waals surface area (Å²) >= 11 is 0. The molecule has 2 aromatic rings. The van der Waals surface area contributed by atoms with Gasteiger partial charge in [-0.25, -0.2) is 17.2 Å². The summed E-state index contributed by atoms with van der Waals surface area (Å²) in [5.74, 6) is -1.32. The van der Waals surface area contributed by atoms with E-state index in [-0.39, 0.29) is 29.2 Å². The van der Waals surface area contributed by atoms with Gasteiger partial charge >= 0.3 is 0 Å². The number of nitriles is 1. The minimum atomic E-state index is -3.72. The molecule has 25 heavy (non-hydrogen) atoms. The third kappa shape index (κ3) is 3.48. The largest absolute Gasteiger partial charge is 0.367 e. The highest BCUT2D eigenvalue weighted by Gasteiger charge is 2.29. The molecule has 0 amide bonds. The van der Waals surface area contributed by atoms with Crippen molar-refractivity contribution in [3.05, 3.63) is 59.7 Å². The predicted octanol–water partition coefficient (Wildman–Crippen LogP) is 2.35. The van der Waals surface area contributed by atoms with Crippen LogP contribution in [0.25, 0.3) is 0 Å². The molecule has 130 valence electrons. The van der Waals surface area contributed by atoms with Crippen molar-refractivity contribution in [3.8, 4) is 6.07 Å². The minimum Gasteiger partial charge on any atom is -0.367 e. The lowest BCUT2D eigenvalue weighted by molar-refractivity contribution is 0.383. The van der Waals surface area contributed by atoms with E-state index in [9.17, 15) is 17.2 Å². The molecule has 0 spiro atoms. The maximum atomic E-state index is 13.9. The van der Waals surface area contributed by atoms with E-state index in [0.29, 0.717) is 13.1 Å². The number of nitrogens with zero attached hydrogens (tertiary/aromatic N) is 3. The lowest BCUT2D eigenvalue weighted by atomic mass is 10.2. The number of halogens is 2. The average Bonchev–Trinajstić information content (AvgIpc) is 2.62. The van der Waals surface area contributed by atoms with Crippen molar-refractivity contribution in [1.29, 1.82) is 5.26 Å². The molecule has 1 aliphatic heterocycles. The zero-order chi connectivity index (χ0) is 18.0. The van der Waals surface area contributed by atoms with Gasteiger partial charge in [0.1, 0.15) is 11.6 Å². The Morgan fingerprint density at radius 1 is 1.00 bits per heavy atom. The van der Waals surface area contributed by atoms with Crippen molar-refractivity contribution in [2.24, 2.45) is 0 Å². The number of sulfonamides is 1. The SMILES string of the molecule is N#Cc1cccc(S(=O)(=O)N2CCN(c3ccc(F)cc3F)CC2)c1. The fourth-order valence-corrected chi connectivity index (χ4v) is 4.25. The van der Waals surface area contributed by atoms with Gasteiger partial charge in [0, 0.05) is 32.2 Å². The Kier molecular flexibility index (Phi) is 4.70. The molecular formula is C17H15F2N3O2S. The molecule has 1 heterocycles. The van der Waals surface area contributed by atoms with Crippen LogP contribution >= 0.6 is 0 Å². The summed E-state index contributed by atoms with van der Waals surface area (Å²) in [5.41, 5.74) is 0.526. The number of piperazine rings is 1. The van der Waals surface area contributed by atoms with Crippen LogP contribution < -0.4 is 4.90 Å². The van der Waals surface area contributed by atoms with E-state index in [4.69, 9.17) is 5.26 Å². The Balaban J connectivity index is 1.76. The molecule has 1 aliphatic rings. The summed E-state index contributed by atoms with van der Waals surface area (Å²) in [4.78, 5) is 1.75. The second-order valence-corrected chi connectivity index (χ2v) is 7.56. The molecule has 0 saturated carbocycles. The normalized spacial score (nSPS) is 15.8. The summed E-state index contributed by atoms with van der Waals surface area (Å²) in [6, 6.07) is 11.1. The molecule has 1 fully saturated rings. The van der Waals surface area contributed by atoms with Gasteiger partial charge in [0.15, 0.2) is 0 Å². The van der Waals surface area contributed by atoms with E-state index < -0.39 is 21.7 Å². The first-order valence-electron chi connectivity index (χ1n) is 7.62. The molecule has 0 aliphatic carbocycles. The first-order valence-corrected chi connectivity index (χ1v) is 9.06. The summed E-state index contributed by atoms with van der Waals surface area (Å²) in [6.07, 6.45) is 0. The highest BCUT2D eigenvalue weighted by atomic mass is 32.2. The van der Waals surface area contributed by atoms with E-state index in [2.05, 4.69) is 0 Å². The Labute approximate surface area is 144 Å². The van der Waals surface area contributed by atoms with Crippen LogP contribution in [0.3, 0.4) is 0 Å². The zero-order valence-electron chi connectivity index (χ0n) is 13.2. The van der Waals surface area contributed by atoms with Crippen molar-refractivity contribution in [1.82, 2.24) is 4.31 Å². The highest BCUT2D eigenvalue weighted by molar-refractivity contribution is 7.89. The van der Waals surface area contributed by atoms with E-state index in [0.717, 1.165) is 6.07 Å². The van der Waals surface area contributed by atoms with Crippen LogP contribution in [0.1, 0.15) is 5.56 Å². The van der Waals surface area contributed by atoms with Crippen molar-refractivity contribution in [2.75, 3.05) is 31.1 Å². The molecule has 3 rings (SSSR count). The number of rotatable bonds is 3. The van der Waals surface area contributed by atoms with E-state index in [1.165, 1.54) is 40.7 Å². The second-order valence-electron chi connectivity index (χ2n) is 5.63. The summed E-state index contributed by atoms with van der Waals surface area (Å²) < 4.78 is 53.6. The lowest BCUT2D eigenvalue weighted by Crippen LogP contribution is -2.48. The molecule has 8 heteroatoms. The van der Waals surface area contributed by atoms with E-state index >= 15 is 0 Å². The average molecular weight is 363 g/mol. The number of hydrogen-bond donors (Lipinski definition) is 0. The quantitative estimate of drug-likeness (QED) is 0.840. The van der Waals surface area contributed by atoms with Crippen molar-refractivity contribution >= 4 is 15.7 Å². The Bertz CT molecular complexity index is 933. The first kappa shape index (κ1) is 17.3. The van der Waals surface area contributed by atoms with Crippen molar-refractivity contribution in [2.45, 2.75) is 4.90 Å². The van der Waals surface area contributed by atoms with Gasteiger partial charge in [0.05, 0.1) is 22.2 Å². The highest BCUT2D eigenvalue weighted by Crippen LogP contribution is 2.24. The molecule has 0 bridgehead atoms. The maximum Gasteiger partial charge on any atom is 0.243 e. The van der Waals surface area contributed by atoms with Gasteiger partial charge in [-0.3, -0.25) is 0 Å². The zero-order valence-corrected chi connectivity index (χ0v) is 14.0. The maximum absolute atomic E-state index is 13.9. The summed E-state index contributed by atoms with van der Waals surface area (Å²) in [6.45, 7) is 0.936. The van der Waals surface area contributed by atoms with Gasteiger partial charge in [-0.05, 0) is 30.3 Å². The third-order valence-corrected chi connectivity index (χ3v) is 5.98. The summed E-state index contributed by atoms with van der Waals surface area (Å²) in [7, 11) is -3.72. The van der Waals surface area contributed by atoms with Crippen molar-refractivity contribution < 1.29 is 17.2 Å². The molecule has 0 unspecified atom stereocenters. The van der Waals surface area contributed by atoms with Crippen LogP contribution in [-0.2, 0) is 10.0 Å². The molecular weight excluding hydrogens is 348 g/mol. The molecule has 0 N–H and O–H groups in total. The van der Waals surface area contributed by atoms with Gasteiger partial charge in [-0.15, -0.1) is 0 Å². The van der Waals surface area contributed by atoms with Crippen LogP contribution in [0.5, 0.6) is 0 Å². The number of benzene rings is 2. The van der Waals surface area contributed by atoms with E-state index in [1.54, 1.807) is 4.90 Å². The van der Waals surface area contributed by atoms with Crippen LogP contribution in [0.2, 0.25) is 0 Å². The van der Waals surface area contributed by atoms with Crippen LogP contribution in [0.15, 0.2) is 47.4 Å². The van der Waals surface area contributed by atoms with E-state index in [1.807, 2.05) is 6.07 Å². The van der Waals surface area contributed by atoms with Gasteiger partial charge in [-0.1, -0.05) is 6.07 Å². The van der Waals surface area contributed by atoms with Gasteiger partial charge in [0.25, 0.3) is 0 Å². The Hall–Kier alpha value is -2.50. The number of anilines is 1. The molecule has 0 atom stereocenters. The molecule has 5 nitrogen and oxygen atoms in total. The Morgan fingerprint density at radius 2 is 1.72 bits per heavy atom. The fraction of sp³-hybridized carbons (Fsp3) is 0.235. The van der Waals surface area contributed by atoms with Crippen LogP contribution in [0.4, 0.5) is 14.5 Å². The van der Waals surface area contributed by atoms with Gasteiger partial charge in [0.2, 0.25) is 10.0 Å². The lowest BCUT2D eigenvalue weighted by Gasteiger charge is -2.35. The van der Waals surface area contributed by atoms with Crippen LogP contribution in [0, 0.1) is 23.0 Å². The first-order chi connectivity index (χ1) is 11.9. The molecule has 0 aromatic heterocycles. The van der Waals surface area contributed by atoms with Gasteiger partial charge in [-0.2, -0.15) is 9.57 Å². The Morgan fingerprint density at radius 3 is 2.36 bits per heavy atom. The second kappa shape index (κ2) is 6.78. The fourth-order valence-electron chi connectivity index (χ4n) is 2.78. The minimum absolute atomic E-state index is 0.0629. The predicted molar refractivity (Wildman–Crippen MR) is 88.5 cm³/mol. The summed E-state index contributed by atoms with van der Waals surface area (Å²) in [5, 5.41) is 8.92. The van der Waals surface area contributed by atoms with Crippen molar-refractivity contribution in [3.63, 3.8) is 0 Å². The molecule has 0 radical (unpaired) electrons. The van der Waals surface area contributed by atoms with Crippen LogP contribution in [-0.4, -0.2) is 38.9 Å². The number of hydrogen-bond acceptors (Lipinski definition) is 4. The topological polar surface area (TPSA) is 64.4 Å².